The molecular formula is C40H48F3N3O10. The molecule has 0 bridgehead atoms. The van der Waals surface area contributed by atoms with Gasteiger partial charge in [0.05, 0.1) is 11.1 Å². The maximum atomic E-state index is 12.3. The van der Waals surface area contributed by atoms with Crippen molar-refractivity contribution in [3.63, 3.8) is 0 Å². The van der Waals surface area contributed by atoms with E-state index < -0.39 is 48.9 Å². The molecule has 1 heterocycles. The SMILES string of the molecule is CCN(CC1CCN(C(=O)N(C)C)CC1)C(C)Cc1ccc(OCC(F)(F)F)cc1.O=C(O[C@@H](C(=O)O)[C@@H](OC(=O)c1ccccc1)C(=O)O)c1ccccc1. The third kappa shape index (κ3) is 14.5. The number of likely N-dealkylation sites (tertiary alicyclic amines) is 1. The number of urea groups is 1. The first-order chi connectivity index (χ1) is 26.5. The summed E-state index contributed by atoms with van der Waals surface area (Å²) in [6, 6.07) is 22.1. The summed E-state index contributed by atoms with van der Waals surface area (Å²) in [6.45, 7) is 6.59. The van der Waals surface area contributed by atoms with E-state index >= 15 is 0 Å². The molecule has 2 amide bonds. The Morgan fingerprint density at radius 1 is 0.786 bits per heavy atom. The van der Waals surface area contributed by atoms with Crippen molar-refractivity contribution in [1.82, 2.24) is 14.7 Å². The van der Waals surface area contributed by atoms with E-state index in [0.717, 1.165) is 51.0 Å². The number of nitrogens with zero attached hydrogens (tertiary/aromatic N) is 3. The number of ether oxygens (including phenoxy) is 3. The lowest BCUT2D eigenvalue weighted by Gasteiger charge is -2.37. The Bertz CT molecular complexity index is 1650. The van der Waals surface area contributed by atoms with E-state index in [4.69, 9.17) is 14.2 Å². The average Bonchev–Trinajstić information content (AvgIpc) is 3.18. The van der Waals surface area contributed by atoms with E-state index in [1.807, 2.05) is 17.0 Å². The minimum Gasteiger partial charge on any atom is -0.484 e. The van der Waals surface area contributed by atoms with Crippen LogP contribution in [0, 0.1) is 5.92 Å². The lowest BCUT2D eigenvalue weighted by molar-refractivity contribution is -0.166. The molecule has 1 unspecified atom stereocenters. The van der Waals surface area contributed by atoms with Crippen molar-refractivity contribution in [1.29, 1.82) is 0 Å². The summed E-state index contributed by atoms with van der Waals surface area (Å²) in [5.74, 6) is -4.84. The topological polar surface area (TPSA) is 163 Å². The molecule has 13 nitrogen and oxygen atoms in total. The average molecular weight is 788 g/mol. The van der Waals surface area contributed by atoms with Crippen molar-refractivity contribution >= 4 is 29.9 Å². The van der Waals surface area contributed by atoms with E-state index in [9.17, 15) is 47.4 Å². The van der Waals surface area contributed by atoms with Crippen LogP contribution in [0.25, 0.3) is 0 Å². The van der Waals surface area contributed by atoms with Crippen molar-refractivity contribution in [2.24, 2.45) is 5.92 Å². The van der Waals surface area contributed by atoms with Gasteiger partial charge in [0.15, 0.2) is 6.61 Å². The zero-order valence-corrected chi connectivity index (χ0v) is 31.7. The van der Waals surface area contributed by atoms with E-state index in [1.54, 1.807) is 43.3 Å². The quantitative estimate of drug-likeness (QED) is 0.177. The van der Waals surface area contributed by atoms with Crippen molar-refractivity contribution < 1.29 is 61.6 Å². The predicted molar refractivity (Wildman–Crippen MR) is 198 cm³/mol. The number of benzene rings is 3. The minimum absolute atomic E-state index is 0.0253. The van der Waals surface area contributed by atoms with Crippen LogP contribution in [0.2, 0.25) is 0 Å². The van der Waals surface area contributed by atoms with E-state index in [0.29, 0.717) is 12.0 Å². The number of alkyl halides is 3. The summed E-state index contributed by atoms with van der Waals surface area (Å²) in [6.07, 6.45) is -5.92. The monoisotopic (exact) mass is 787 g/mol. The molecule has 0 radical (unpaired) electrons. The molecule has 0 aromatic heterocycles. The number of carbonyl (C=O) groups is 5. The van der Waals surface area contributed by atoms with Crippen molar-refractivity contribution in [3.05, 3.63) is 102 Å². The number of hydrogen-bond donors (Lipinski definition) is 2. The highest BCUT2D eigenvalue weighted by Gasteiger charge is 2.41. The number of amides is 2. The Morgan fingerprint density at radius 2 is 1.25 bits per heavy atom. The van der Waals surface area contributed by atoms with Crippen molar-refractivity contribution in [2.45, 2.75) is 57.5 Å². The number of carbonyl (C=O) groups excluding carboxylic acids is 3. The lowest BCUT2D eigenvalue weighted by Crippen LogP contribution is -2.46. The molecule has 1 saturated heterocycles. The molecule has 16 heteroatoms. The van der Waals surface area contributed by atoms with Gasteiger partial charge in [-0.25, -0.2) is 24.0 Å². The molecular weight excluding hydrogens is 739 g/mol. The Kier molecular flexibility index (Phi) is 17.1. The van der Waals surface area contributed by atoms with Crippen molar-refractivity contribution in [2.75, 3.05) is 46.9 Å². The number of likely N-dealkylation sites (N-methyl/N-ethyl adjacent to an activating group) is 1. The second-order valence-corrected chi connectivity index (χ2v) is 13.4. The normalized spacial score (nSPS) is 14.7. The van der Waals surface area contributed by atoms with Gasteiger partial charge in [-0.05, 0) is 80.6 Å². The number of aliphatic carboxylic acids is 2. The Balaban J connectivity index is 0.000000303. The fraction of sp³-hybridized carbons (Fsp3) is 0.425. The van der Waals surface area contributed by atoms with Crippen LogP contribution in [-0.4, -0.2) is 126 Å². The first kappa shape index (κ1) is 44.8. The molecule has 1 aliphatic rings. The largest absolute Gasteiger partial charge is 0.484 e. The Morgan fingerprint density at radius 3 is 1.64 bits per heavy atom. The summed E-state index contributed by atoms with van der Waals surface area (Å²) in [5.41, 5.74) is 1.13. The van der Waals surface area contributed by atoms with Gasteiger partial charge in [0, 0.05) is 39.8 Å². The maximum Gasteiger partial charge on any atom is 0.422 e. The van der Waals surface area contributed by atoms with Gasteiger partial charge in [-0.3, -0.25) is 0 Å². The summed E-state index contributed by atoms with van der Waals surface area (Å²) in [4.78, 5) is 64.9. The maximum absolute atomic E-state index is 12.3. The molecule has 0 spiro atoms. The number of hydrogen-bond acceptors (Lipinski definition) is 9. The van der Waals surface area contributed by atoms with Gasteiger partial charge in [0.1, 0.15) is 5.75 Å². The van der Waals surface area contributed by atoms with Crippen LogP contribution in [0.15, 0.2) is 84.9 Å². The molecule has 4 rings (SSSR count). The highest BCUT2D eigenvalue weighted by atomic mass is 19.4. The second kappa shape index (κ2) is 21.5. The van der Waals surface area contributed by atoms with Crippen LogP contribution in [0.4, 0.5) is 18.0 Å². The van der Waals surface area contributed by atoms with E-state index in [-0.39, 0.29) is 22.9 Å². The molecule has 3 aromatic rings. The predicted octanol–water partition coefficient (Wildman–Crippen LogP) is 5.88. The van der Waals surface area contributed by atoms with Crippen LogP contribution in [-0.2, 0) is 25.5 Å². The van der Waals surface area contributed by atoms with E-state index in [1.165, 1.54) is 48.5 Å². The Labute approximate surface area is 323 Å². The standard InChI is InChI=1S/C22H34F3N3O2.C18H14O8/c1-5-27(15-19-10-12-28(13-11-19)21(29)26(3)4)17(2)14-18-6-8-20(9-7-18)30-16-22(23,24)25;19-15(20)13(25-17(23)11-7-3-1-4-8-11)14(16(21)22)26-18(24)12-9-5-2-6-10-12/h6-9,17,19H,5,10-16H2,1-4H3;1-10,13-14H,(H,19,20)(H,21,22)/t;13-,14-/m.1/s1. The minimum atomic E-state index is -4.33. The third-order valence-electron chi connectivity index (χ3n) is 8.90. The highest BCUT2D eigenvalue weighted by molar-refractivity contribution is 5.95. The number of halogens is 3. The van der Waals surface area contributed by atoms with Crippen LogP contribution in [0.1, 0.15) is 53.0 Å². The van der Waals surface area contributed by atoms with Crippen LogP contribution < -0.4 is 4.74 Å². The molecule has 3 aromatic carbocycles. The summed E-state index contributed by atoms with van der Waals surface area (Å²) in [5, 5.41) is 18.5. The number of rotatable bonds is 15. The first-order valence-electron chi connectivity index (χ1n) is 17.9. The summed E-state index contributed by atoms with van der Waals surface area (Å²) in [7, 11) is 3.56. The molecule has 1 fully saturated rings. The van der Waals surface area contributed by atoms with Crippen LogP contribution in [0.5, 0.6) is 5.75 Å². The number of esters is 2. The van der Waals surface area contributed by atoms with Crippen LogP contribution >= 0.6 is 0 Å². The van der Waals surface area contributed by atoms with Crippen LogP contribution in [0.3, 0.4) is 0 Å². The lowest BCUT2D eigenvalue weighted by atomic mass is 9.95. The van der Waals surface area contributed by atoms with Gasteiger partial charge in [0.2, 0.25) is 12.2 Å². The molecule has 0 saturated carbocycles. The Hall–Kier alpha value is -5.64. The van der Waals surface area contributed by atoms with Gasteiger partial charge in [-0.2, -0.15) is 13.2 Å². The van der Waals surface area contributed by atoms with Gasteiger partial charge < -0.3 is 39.1 Å². The van der Waals surface area contributed by atoms with Crippen molar-refractivity contribution in [3.8, 4) is 5.75 Å². The smallest absolute Gasteiger partial charge is 0.422 e. The zero-order chi connectivity index (χ0) is 41.4. The van der Waals surface area contributed by atoms with Gasteiger partial charge >= 0.3 is 36.1 Å². The fourth-order valence-corrected chi connectivity index (χ4v) is 5.90. The third-order valence-corrected chi connectivity index (χ3v) is 8.90. The number of carboxylic acids is 2. The van der Waals surface area contributed by atoms with Gasteiger partial charge in [0.25, 0.3) is 0 Å². The molecule has 304 valence electrons. The molecule has 0 aliphatic carbocycles. The fourth-order valence-electron chi connectivity index (χ4n) is 5.90. The zero-order valence-electron chi connectivity index (χ0n) is 31.7. The number of piperidine rings is 1. The molecule has 1 aliphatic heterocycles. The van der Waals surface area contributed by atoms with Gasteiger partial charge in [-0.15, -0.1) is 0 Å². The first-order valence-corrected chi connectivity index (χ1v) is 17.9. The molecule has 56 heavy (non-hydrogen) atoms. The highest BCUT2D eigenvalue weighted by Crippen LogP contribution is 2.23. The molecule has 3 atom stereocenters. The second-order valence-electron chi connectivity index (χ2n) is 13.4. The summed E-state index contributed by atoms with van der Waals surface area (Å²) >= 11 is 0. The summed E-state index contributed by atoms with van der Waals surface area (Å²) < 4.78 is 51.1. The van der Waals surface area contributed by atoms with Gasteiger partial charge in [-0.1, -0.05) is 55.5 Å². The molecule has 2 N–H and O–H groups in total. The number of carboxylic acid groups (broad SMARTS) is 2. The van der Waals surface area contributed by atoms with E-state index in [2.05, 4.69) is 18.7 Å².